The van der Waals surface area contributed by atoms with Crippen LogP contribution in [0.2, 0.25) is 0 Å². The van der Waals surface area contributed by atoms with Crippen molar-refractivity contribution >= 4 is 29.4 Å². The summed E-state index contributed by atoms with van der Waals surface area (Å²) in [6.45, 7) is 1.72. The van der Waals surface area contributed by atoms with Gasteiger partial charge in [-0.3, -0.25) is 4.79 Å². The summed E-state index contributed by atoms with van der Waals surface area (Å²) in [5.74, 6) is -2.56. The maximum atomic E-state index is 12.5. The van der Waals surface area contributed by atoms with E-state index >= 15 is 0 Å². The minimum absolute atomic E-state index is 0.0487. The van der Waals surface area contributed by atoms with Crippen LogP contribution in [0, 0.1) is 0 Å². The first-order valence-corrected chi connectivity index (χ1v) is 9.36. The van der Waals surface area contributed by atoms with Crippen molar-refractivity contribution in [3.8, 4) is 0 Å². The van der Waals surface area contributed by atoms with Crippen molar-refractivity contribution in [1.82, 2.24) is 9.80 Å². The molecule has 1 heterocycles. The van der Waals surface area contributed by atoms with E-state index in [1.165, 1.54) is 6.07 Å². The maximum absolute atomic E-state index is 12.5. The number of hydrogen-bond acceptors (Lipinski definition) is 3. The summed E-state index contributed by atoms with van der Waals surface area (Å²) < 4.78 is 24.9. The third kappa shape index (κ3) is 5.19. The number of halogens is 2. The van der Waals surface area contributed by atoms with Crippen LogP contribution in [-0.4, -0.2) is 53.7 Å². The fraction of sp³-hybridized carbons (Fsp3) is 0.263. The number of anilines is 1. The average molecular weight is 391 g/mol. The molecule has 0 bridgehead atoms. The van der Waals surface area contributed by atoms with E-state index in [4.69, 9.17) is 0 Å². The highest BCUT2D eigenvalue weighted by molar-refractivity contribution is 7.99. The van der Waals surface area contributed by atoms with E-state index in [1.54, 1.807) is 40.1 Å². The molecule has 2 aromatic rings. The number of thioether (sulfide) groups is 1. The molecule has 0 saturated carbocycles. The highest BCUT2D eigenvalue weighted by atomic mass is 32.2. The molecule has 3 rings (SSSR count). The van der Waals surface area contributed by atoms with E-state index < -0.39 is 5.76 Å². The van der Waals surface area contributed by atoms with Crippen molar-refractivity contribution in [2.75, 3.05) is 31.5 Å². The summed E-state index contributed by atoms with van der Waals surface area (Å²) in [7, 11) is 0. The number of carbonyl (C=O) groups excluding carboxylic acids is 2. The lowest BCUT2D eigenvalue weighted by Crippen LogP contribution is -2.51. The lowest BCUT2D eigenvalue weighted by molar-refractivity contribution is 0.0671. The van der Waals surface area contributed by atoms with Gasteiger partial charge in [0.05, 0.1) is 0 Å². The monoisotopic (exact) mass is 391 g/mol. The van der Waals surface area contributed by atoms with E-state index in [2.05, 4.69) is 5.32 Å². The number of alkyl halides is 2. The first-order valence-electron chi connectivity index (χ1n) is 8.48. The van der Waals surface area contributed by atoms with Gasteiger partial charge in [0, 0.05) is 42.3 Å². The molecule has 0 aromatic heterocycles. The molecule has 0 spiro atoms. The number of carbonyl (C=O) groups is 2. The van der Waals surface area contributed by atoms with Crippen LogP contribution >= 0.6 is 11.8 Å². The van der Waals surface area contributed by atoms with Gasteiger partial charge in [-0.1, -0.05) is 36.0 Å². The van der Waals surface area contributed by atoms with Gasteiger partial charge in [-0.25, -0.2) is 4.79 Å². The van der Waals surface area contributed by atoms with Crippen molar-refractivity contribution in [3.63, 3.8) is 0 Å². The van der Waals surface area contributed by atoms with Crippen molar-refractivity contribution in [2.45, 2.75) is 10.7 Å². The van der Waals surface area contributed by atoms with Gasteiger partial charge in [0.15, 0.2) is 0 Å². The molecule has 1 saturated heterocycles. The molecular weight excluding hydrogens is 372 g/mol. The van der Waals surface area contributed by atoms with Crippen LogP contribution in [0.25, 0.3) is 0 Å². The number of hydrogen-bond donors (Lipinski definition) is 1. The van der Waals surface area contributed by atoms with Crippen molar-refractivity contribution in [2.24, 2.45) is 0 Å². The second-order valence-electron chi connectivity index (χ2n) is 5.98. The van der Waals surface area contributed by atoms with Crippen LogP contribution in [0.1, 0.15) is 10.4 Å². The van der Waals surface area contributed by atoms with Crippen LogP contribution in [-0.2, 0) is 0 Å². The largest absolute Gasteiger partial charge is 0.335 e. The fourth-order valence-electron chi connectivity index (χ4n) is 2.83. The van der Waals surface area contributed by atoms with Gasteiger partial charge in [-0.15, -0.1) is 0 Å². The molecule has 27 heavy (non-hydrogen) atoms. The number of nitrogens with one attached hydrogen (secondary N) is 1. The highest BCUT2D eigenvalue weighted by Crippen LogP contribution is 2.27. The highest BCUT2D eigenvalue weighted by Gasteiger charge is 2.24. The normalized spacial score (nSPS) is 14.3. The molecular formula is C19H19F2N3O2S. The second-order valence-corrected chi connectivity index (χ2v) is 7.05. The topological polar surface area (TPSA) is 52.7 Å². The Bertz CT molecular complexity index is 797. The predicted molar refractivity (Wildman–Crippen MR) is 101 cm³/mol. The minimum Gasteiger partial charge on any atom is -0.335 e. The van der Waals surface area contributed by atoms with Gasteiger partial charge in [-0.2, -0.15) is 8.78 Å². The summed E-state index contributed by atoms with van der Waals surface area (Å²) in [5.41, 5.74) is 1.09. The molecule has 0 radical (unpaired) electrons. The fourth-order valence-corrected chi connectivity index (χ4v) is 3.39. The van der Waals surface area contributed by atoms with Crippen LogP contribution in [0.3, 0.4) is 0 Å². The zero-order valence-corrected chi connectivity index (χ0v) is 15.3. The molecule has 0 aliphatic carbocycles. The van der Waals surface area contributed by atoms with Crippen LogP contribution in [0.5, 0.6) is 0 Å². The lowest BCUT2D eigenvalue weighted by atomic mass is 10.2. The third-order valence-corrected chi connectivity index (χ3v) is 4.89. The first kappa shape index (κ1) is 19.2. The summed E-state index contributed by atoms with van der Waals surface area (Å²) in [4.78, 5) is 28.6. The first-order chi connectivity index (χ1) is 13.0. The predicted octanol–water partition coefficient (Wildman–Crippen LogP) is 3.99. The van der Waals surface area contributed by atoms with E-state index in [1.807, 2.05) is 18.2 Å². The van der Waals surface area contributed by atoms with Crippen LogP contribution < -0.4 is 5.32 Å². The van der Waals surface area contributed by atoms with E-state index in [0.29, 0.717) is 54.1 Å². The van der Waals surface area contributed by atoms with Crippen molar-refractivity contribution in [1.29, 1.82) is 0 Å². The number of rotatable bonds is 4. The zero-order chi connectivity index (χ0) is 19.2. The molecule has 8 heteroatoms. The molecule has 1 aliphatic rings. The summed E-state index contributed by atoms with van der Waals surface area (Å²) in [5, 5.41) is 2.73. The van der Waals surface area contributed by atoms with Crippen molar-refractivity contribution in [3.05, 3.63) is 60.2 Å². The Balaban J connectivity index is 1.54. The lowest BCUT2D eigenvalue weighted by Gasteiger charge is -2.34. The van der Waals surface area contributed by atoms with E-state index in [-0.39, 0.29) is 11.9 Å². The number of benzene rings is 2. The summed E-state index contributed by atoms with van der Waals surface area (Å²) in [6, 6.07) is 15.1. The molecule has 142 valence electrons. The molecule has 1 fully saturated rings. The van der Waals surface area contributed by atoms with Gasteiger partial charge >= 0.3 is 6.03 Å². The molecule has 1 aliphatic heterocycles. The SMILES string of the molecule is O=C(Nc1cccc(SC(F)F)c1)N1CCN(C(=O)c2ccccc2)CC1. The Hall–Kier alpha value is -2.61. The average Bonchev–Trinajstić information content (AvgIpc) is 2.68. The Labute approximate surface area is 160 Å². The van der Waals surface area contributed by atoms with E-state index in [9.17, 15) is 18.4 Å². The van der Waals surface area contributed by atoms with Gasteiger partial charge in [0.25, 0.3) is 11.7 Å². The maximum Gasteiger partial charge on any atom is 0.321 e. The molecule has 1 N–H and O–H groups in total. The smallest absolute Gasteiger partial charge is 0.321 e. The van der Waals surface area contributed by atoms with E-state index in [0.717, 1.165) is 0 Å². The number of piperazine rings is 1. The quantitative estimate of drug-likeness (QED) is 0.802. The Morgan fingerprint density at radius 2 is 1.59 bits per heavy atom. The number of urea groups is 1. The zero-order valence-electron chi connectivity index (χ0n) is 14.5. The van der Waals surface area contributed by atoms with Gasteiger partial charge in [0.2, 0.25) is 0 Å². The van der Waals surface area contributed by atoms with Crippen LogP contribution in [0.4, 0.5) is 19.3 Å². The van der Waals surface area contributed by atoms with Gasteiger partial charge in [0.1, 0.15) is 0 Å². The molecule has 2 aromatic carbocycles. The Morgan fingerprint density at radius 1 is 0.926 bits per heavy atom. The minimum atomic E-state index is -2.51. The van der Waals surface area contributed by atoms with Crippen LogP contribution in [0.15, 0.2) is 59.5 Å². The summed E-state index contributed by atoms with van der Waals surface area (Å²) in [6.07, 6.45) is 0. The van der Waals surface area contributed by atoms with Gasteiger partial charge in [-0.05, 0) is 30.3 Å². The third-order valence-electron chi connectivity index (χ3n) is 4.19. The second kappa shape index (κ2) is 8.85. The van der Waals surface area contributed by atoms with Gasteiger partial charge < -0.3 is 15.1 Å². The summed E-state index contributed by atoms with van der Waals surface area (Å²) >= 11 is 0.434. The number of nitrogens with zero attached hydrogens (tertiary/aromatic N) is 2. The standard InChI is InChI=1S/C19H19F2N3O2S/c20-18(21)27-16-8-4-7-15(13-16)22-19(26)24-11-9-23(10-12-24)17(25)14-5-2-1-3-6-14/h1-8,13,18H,9-12H2,(H,22,26). The number of amides is 3. The van der Waals surface area contributed by atoms with Crippen molar-refractivity contribution < 1.29 is 18.4 Å². The Morgan fingerprint density at radius 3 is 2.26 bits per heavy atom. The molecule has 0 unspecified atom stereocenters. The molecule has 0 atom stereocenters. The molecule has 3 amide bonds. The Kier molecular flexibility index (Phi) is 6.28. The molecule has 5 nitrogen and oxygen atoms in total.